The molecular weight excluding hydrogens is 434 g/mol. The molecule has 0 amide bonds. The lowest BCUT2D eigenvalue weighted by atomic mass is 10.0. The molecule has 10 nitrogen and oxygen atoms in total. The van der Waals surface area contributed by atoms with Gasteiger partial charge in [0.2, 0.25) is 6.79 Å². The molecule has 4 aromatic rings. The number of nitrogens with one attached hydrogen (secondary N) is 1. The zero-order valence-electron chi connectivity index (χ0n) is 18.8. The Hall–Kier alpha value is -3.76. The van der Waals surface area contributed by atoms with Crippen LogP contribution in [0.2, 0.25) is 0 Å². The van der Waals surface area contributed by atoms with E-state index in [0.717, 1.165) is 37.1 Å². The number of ether oxygens (including phenoxy) is 2. The van der Waals surface area contributed by atoms with Crippen LogP contribution in [0.5, 0.6) is 11.5 Å². The summed E-state index contributed by atoms with van der Waals surface area (Å²) >= 11 is 0. The summed E-state index contributed by atoms with van der Waals surface area (Å²) in [4.78, 5) is 21.0. The third kappa shape index (κ3) is 3.80. The second kappa shape index (κ2) is 8.54. The molecule has 2 aromatic heterocycles. The van der Waals surface area contributed by atoms with E-state index in [4.69, 9.17) is 9.47 Å². The van der Waals surface area contributed by atoms with Gasteiger partial charge in [-0.25, -0.2) is 4.68 Å². The van der Waals surface area contributed by atoms with Gasteiger partial charge in [-0.15, -0.1) is 5.10 Å². The number of aromatic nitrogens is 5. The van der Waals surface area contributed by atoms with Crippen LogP contribution in [0.1, 0.15) is 23.0 Å². The van der Waals surface area contributed by atoms with Gasteiger partial charge in [0.05, 0.1) is 12.1 Å². The second-order valence-electron chi connectivity index (χ2n) is 8.77. The summed E-state index contributed by atoms with van der Waals surface area (Å²) in [7, 11) is 2.11. The monoisotopic (exact) mass is 459 g/mol. The first kappa shape index (κ1) is 20.8. The molecule has 0 bridgehead atoms. The molecule has 1 saturated heterocycles. The number of pyridine rings is 1. The predicted molar refractivity (Wildman–Crippen MR) is 125 cm³/mol. The molecule has 0 saturated carbocycles. The average molecular weight is 460 g/mol. The minimum absolute atomic E-state index is 0.162. The van der Waals surface area contributed by atoms with Gasteiger partial charge >= 0.3 is 0 Å². The summed E-state index contributed by atoms with van der Waals surface area (Å²) < 4.78 is 12.8. The number of hydrogen-bond donors (Lipinski definition) is 1. The highest BCUT2D eigenvalue weighted by Gasteiger charge is 2.32. The van der Waals surface area contributed by atoms with Gasteiger partial charge < -0.3 is 19.4 Å². The molecule has 0 radical (unpaired) electrons. The largest absolute Gasteiger partial charge is 0.454 e. The Bertz CT molecular complexity index is 1380. The SMILES string of the molecule is CN1CCN([C@@H](c2cc3cc4c(cc3[nH]c2=O)OCO4)c2nnnn2Cc2ccccc2)CC1. The fraction of sp³-hybridized carbons (Fsp3) is 0.333. The van der Waals surface area contributed by atoms with E-state index in [1.54, 1.807) is 4.68 Å². The first-order valence-corrected chi connectivity index (χ1v) is 11.3. The maximum Gasteiger partial charge on any atom is 0.253 e. The fourth-order valence-corrected chi connectivity index (χ4v) is 4.67. The minimum atomic E-state index is -0.383. The third-order valence-corrected chi connectivity index (χ3v) is 6.54. The zero-order chi connectivity index (χ0) is 23.1. The Kier molecular flexibility index (Phi) is 5.23. The van der Waals surface area contributed by atoms with E-state index in [0.29, 0.717) is 34.9 Å². The average Bonchev–Trinajstić information content (AvgIpc) is 3.49. The standard InChI is InChI=1S/C24H25N7O3/c1-29-7-9-30(10-8-29)22(23-26-27-28-31(23)14-16-5-3-2-4-6-16)18-11-17-12-20-21(34-15-33-20)13-19(17)25-24(18)32/h2-6,11-13,22H,7-10,14-15H2,1H3,(H,25,32)/t22-/m0/s1. The number of fused-ring (bicyclic) bond motifs is 2. The zero-order valence-corrected chi connectivity index (χ0v) is 18.8. The van der Waals surface area contributed by atoms with Gasteiger partial charge in [0.1, 0.15) is 6.04 Å². The molecule has 1 atom stereocenters. The highest BCUT2D eigenvalue weighted by molar-refractivity contribution is 5.83. The van der Waals surface area contributed by atoms with Gasteiger partial charge in [0, 0.05) is 43.2 Å². The predicted octanol–water partition coefficient (Wildman–Crippen LogP) is 1.63. The van der Waals surface area contributed by atoms with E-state index in [1.165, 1.54) is 0 Å². The van der Waals surface area contributed by atoms with E-state index in [2.05, 4.69) is 37.4 Å². The summed E-state index contributed by atoms with van der Waals surface area (Å²) in [6.07, 6.45) is 0. The molecule has 0 unspecified atom stereocenters. The van der Waals surface area contributed by atoms with Crippen LogP contribution in [0.15, 0.2) is 53.3 Å². The molecule has 0 spiro atoms. The lowest BCUT2D eigenvalue weighted by molar-refractivity contribution is 0.121. The van der Waals surface area contributed by atoms with Crippen LogP contribution in [0, 0.1) is 0 Å². The Morgan fingerprint density at radius 2 is 1.79 bits per heavy atom. The van der Waals surface area contributed by atoms with Gasteiger partial charge in [0.25, 0.3) is 5.56 Å². The number of piperazine rings is 1. The van der Waals surface area contributed by atoms with E-state index >= 15 is 0 Å². The molecule has 2 aliphatic rings. The molecule has 2 aliphatic heterocycles. The number of hydrogen-bond acceptors (Lipinski definition) is 8. The van der Waals surface area contributed by atoms with Crippen molar-refractivity contribution in [3.05, 3.63) is 75.8 Å². The van der Waals surface area contributed by atoms with Gasteiger partial charge in [-0.1, -0.05) is 30.3 Å². The number of aromatic amines is 1. The maximum absolute atomic E-state index is 13.4. The highest BCUT2D eigenvalue weighted by Crippen LogP contribution is 2.36. The Labute approximate surface area is 195 Å². The van der Waals surface area contributed by atoms with Crippen molar-refractivity contribution < 1.29 is 9.47 Å². The summed E-state index contributed by atoms with van der Waals surface area (Å²) in [6, 6.07) is 15.3. The second-order valence-corrected chi connectivity index (χ2v) is 8.77. The number of rotatable bonds is 5. The van der Waals surface area contributed by atoms with Crippen molar-refractivity contribution in [1.82, 2.24) is 35.0 Å². The lowest BCUT2D eigenvalue weighted by Crippen LogP contribution is -2.47. The Morgan fingerprint density at radius 3 is 2.59 bits per heavy atom. The van der Waals surface area contributed by atoms with Crippen LogP contribution in [0.4, 0.5) is 0 Å². The number of H-pyrrole nitrogens is 1. The fourth-order valence-electron chi connectivity index (χ4n) is 4.67. The van der Waals surface area contributed by atoms with Crippen molar-refractivity contribution in [2.24, 2.45) is 0 Å². The summed E-state index contributed by atoms with van der Waals surface area (Å²) in [5, 5.41) is 13.6. The van der Waals surface area contributed by atoms with E-state index < -0.39 is 0 Å². The highest BCUT2D eigenvalue weighted by atomic mass is 16.7. The van der Waals surface area contributed by atoms with Gasteiger partial charge in [-0.05, 0) is 35.2 Å². The molecule has 1 N–H and O–H groups in total. The quantitative estimate of drug-likeness (QED) is 0.481. The Morgan fingerprint density at radius 1 is 1.03 bits per heavy atom. The number of nitrogens with zero attached hydrogens (tertiary/aromatic N) is 6. The van der Waals surface area contributed by atoms with Gasteiger partial charge in [0.15, 0.2) is 17.3 Å². The third-order valence-electron chi connectivity index (χ3n) is 6.54. The molecular formula is C24H25N7O3. The molecule has 1 fully saturated rings. The molecule has 0 aliphatic carbocycles. The molecule has 2 aromatic carbocycles. The van der Waals surface area contributed by atoms with E-state index in [9.17, 15) is 4.79 Å². The topological polar surface area (TPSA) is 101 Å². The van der Waals surface area contributed by atoms with Crippen molar-refractivity contribution in [3.8, 4) is 11.5 Å². The lowest BCUT2D eigenvalue weighted by Gasteiger charge is -2.37. The van der Waals surface area contributed by atoms with E-state index in [1.807, 2.05) is 48.5 Å². The summed E-state index contributed by atoms with van der Waals surface area (Å²) in [5.41, 5.74) is 2.25. The normalized spacial score (nSPS) is 17.3. The van der Waals surface area contributed by atoms with Crippen molar-refractivity contribution >= 4 is 10.9 Å². The first-order chi connectivity index (χ1) is 16.7. The van der Waals surface area contributed by atoms with E-state index in [-0.39, 0.29) is 18.4 Å². The molecule has 10 heteroatoms. The molecule has 6 rings (SSSR count). The van der Waals surface area contributed by atoms with Crippen LogP contribution in [0.3, 0.4) is 0 Å². The molecule has 4 heterocycles. The van der Waals surface area contributed by atoms with Crippen LogP contribution < -0.4 is 15.0 Å². The van der Waals surface area contributed by atoms with Crippen molar-refractivity contribution in [3.63, 3.8) is 0 Å². The van der Waals surface area contributed by atoms with Gasteiger partial charge in [-0.2, -0.15) is 0 Å². The van der Waals surface area contributed by atoms with Crippen molar-refractivity contribution in [2.45, 2.75) is 12.6 Å². The molecule has 174 valence electrons. The first-order valence-electron chi connectivity index (χ1n) is 11.3. The van der Waals surface area contributed by atoms with Crippen LogP contribution in [-0.2, 0) is 6.54 Å². The van der Waals surface area contributed by atoms with Crippen LogP contribution in [0.25, 0.3) is 10.9 Å². The number of tetrazole rings is 1. The minimum Gasteiger partial charge on any atom is -0.454 e. The van der Waals surface area contributed by atoms with Crippen molar-refractivity contribution in [2.75, 3.05) is 40.0 Å². The maximum atomic E-state index is 13.4. The molecule has 34 heavy (non-hydrogen) atoms. The number of likely N-dealkylation sites (N-methyl/N-ethyl adjacent to an activating group) is 1. The van der Waals surface area contributed by atoms with Crippen LogP contribution in [-0.4, -0.2) is 75.0 Å². The smallest absolute Gasteiger partial charge is 0.253 e. The summed E-state index contributed by atoms with van der Waals surface area (Å²) in [5.74, 6) is 1.97. The van der Waals surface area contributed by atoms with Gasteiger partial charge in [-0.3, -0.25) is 9.69 Å². The van der Waals surface area contributed by atoms with Crippen LogP contribution >= 0.6 is 0 Å². The Balaban J connectivity index is 1.46. The van der Waals surface area contributed by atoms with Crippen molar-refractivity contribution in [1.29, 1.82) is 0 Å². The summed E-state index contributed by atoms with van der Waals surface area (Å²) in [6.45, 7) is 4.12. The number of benzene rings is 2.